The normalized spacial score (nSPS) is 20.4. The summed E-state index contributed by atoms with van der Waals surface area (Å²) < 4.78 is 10.7. The summed E-state index contributed by atoms with van der Waals surface area (Å²) in [5.74, 6) is 2.65. The Balaban J connectivity index is 2.56. The number of rotatable bonds is 3. The lowest BCUT2D eigenvalue weighted by Gasteiger charge is -2.47. The van der Waals surface area contributed by atoms with E-state index in [4.69, 9.17) is 15.9 Å². The Kier molecular flexibility index (Phi) is 2.90. The van der Waals surface area contributed by atoms with Crippen molar-refractivity contribution in [3.05, 3.63) is 35.9 Å². The van der Waals surface area contributed by atoms with Crippen LogP contribution in [0.4, 0.5) is 0 Å². The summed E-state index contributed by atoms with van der Waals surface area (Å²) in [6.45, 7) is 0.604. The van der Waals surface area contributed by atoms with Crippen LogP contribution in [-0.2, 0) is 15.1 Å². The number of benzene rings is 1. The quantitative estimate of drug-likeness (QED) is 0.738. The molecule has 1 aromatic rings. The first-order valence-corrected chi connectivity index (χ1v) is 5.32. The Morgan fingerprint density at radius 2 is 2.06 bits per heavy atom. The maximum atomic E-state index is 9.39. The second-order valence-electron chi connectivity index (χ2n) is 4.08. The highest BCUT2D eigenvalue weighted by Gasteiger charge is 2.58. The van der Waals surface area contributed by atoms with Crippen LogP contribution in [0, 0.1) is 29.1 Å². The minimum Gasteiger partial charge on any atom is -0.378 e. The summed E-state index contributed by atoms with van der Waals surface area (Å²) in [5, 5.41) is 9.39. The van der Waals surface area contributed by atoms with E-state index in [1.54, 1.807) is 0 Å². The predicted octanol–water partition coefficient (Wildman–Crippen LogP) is 1.70. The molecule has 0 radical (unpaired) electrons. The largest absolute Gasteiger partial charge is 0.378 e. The molecule has 0 bridgehead atoms. The Bertz CT molecular complexity index is 479. The van der Waals surface area contributed by atoms with E-state index in [9.17, 15) is 5.26 Å². The van der Waals surface area contributed by atoms with Crippen molar-refractivity contribution in [2.75, 3.05) is 20.3 Å². The fraction of sp³-hybridized carbons (Fsp3) is 0.357. The third-order valence-corrected chi connectivity index (χ3v) is 3.27. The summed E-state index contributed by atoms with van der Waals surface area (Å²) in [4.78, 5) is 0. The molecule has 86 valence electrons. The van der Waals surface area contributed by atoms with Crippen LogP contribution in [0.25, 0.3) is 0 Å². The number of hydrogen-bond acceptors (Lipinski definition) is 3. The van der Waals surface area contributed by atoms with Gasteiger partial charge < -0.3 is 9.47 Å². The molecule has 0 spiro atoms. The molecule has 1 aliphatic heterocycles. The molecule has 1 aromatic carbocycles. The van der Waals surface area contributed by atoms with E-state index in [0.29, 0.717) is 13.2 Å². The fourth-order valence-electron chi connectivity index (χ4n) is 2.20. The van der Waals surface area contributed by atoms with Crippen LogP contribution in [0.2, 0.25) is 0 Å². The molecule has 1 saturated heterocycles. The van der Waals surface area contributed by atoms with Gasteiger partial charge in [0.15, 0.2) is 5.60 Å². The summed E-state index contributed by atoms with van der Waals surface area (Å²) in [6, 6.07) is 11.7. The molecule has 0 amide bonds. The first-order chi connectivity index (χ1) is 8.24. The molecular formula is C14H13NO2. The maximum absolute atomic E-state index is 9.39. The lowest BCUT2D eigenvalue weighted by molar-refractivity contribution is -0.182. The van der Waals surface area contributed by atoms with Crippen molar-refractivity contribution in [1.82, 2.24) is 0 Å². The van der Waals surface area contributed by atoms with Gasteiger partial charge in [0, 0.05) is 7.11 Å². The zero-order chi connectivity index (χ0) is 12.4. The van der Waals surface area contributed by atoms with Gasteiger partial charge in [0.05, 0.1) is 19.3 Å². The molecule has 0 unspecified atom stereocenters. The zero-order valence-corrected chi connectivity index (χ0v) is 9.64. The first kappa shape index (κ1) is 11.7. The Morgan fingerprint density at radius 1 is 1.41 bits per heavy atom. The van der Waals surface area contributed by atoms with E-state index >= 15 is 0 Å². The van der Waals surface area contributed by atoms with Crippen LogP contribution < -0.4 is 0 Å². The Hall–Kier alpha value is -1.81. The van der Waals surface area contributed by atoms with Crippen molar-refractivity contribution in [2.24, 2.45) is 5.41 Å². The Morgan fingerprint density at radius 3 is 2.41 bits per heavy atom. The topological polar surface area (TPSA) is 42.2 Å². The van der Waals surface area contributed by atoms with Gasteiger partial charge in [0.2, 0.25) is 0 Å². The lowest BCUT2D eigenvalue weighted by Crippen LogP contribution is -2.57. The van der Waals surface area contributed by atoms with E-state index in [1.807, 2.05) is 30.3 Å². The minimum absolute atomic E-state index is 0.302. The molecule has 0 aliphatic carbocycles. The van der Waals surface area contributed by atoms with E-state index < -0.39 is 11.0 Å². The summed E-state index contributed by atoms with van der Waals surface area (Å²) in [6.07, 6.45) is 5.64. The number of nitriles is 1. The molecule has 17 heavy (non-hydrogen) atoms. The van der Waals surface area contributed by atoms with Crippen LogP contribution in [0.3, 0.4) is 0 Å². The van der Waals surface area contributed by atoms with Gasteiger partial charge in [-0.05, 0) is 5.56 Å². The maximum Gasteiger partial charge on any atom is 0.176 e. The van der Waals surface area contributed by atoms with Gasteiger partial charge in [-0.1, -0.05) is 36.3 Å². The monoisotopic (exact) mass is 227 g/mol. The van der Waals surface area contributed by atoms with Gasteiger partial charge in [0.25, 0.3) is 0 Å². The fourth-order valence-corrected chi connectivity index (χ4v) is 2.20. The standard InChI is InChI=1S/C14H13NO2/c1-3-14(16-2,12-7-5-4-6-8-12)13(9-15)10-17-11-13/h1,4-8H,10-11H2,2H3/t14-/m0/s1. The first-order valence-electron chi connectivity index (χ1n) is 5.32. The van der Waals surface area contributed by atoms with Crippen molar-refractivity contribution in [1.29, 1.82) is 5.26 Å². The molecule has 1 fully saturated rings. The van der Waals surface area contributed by atoms with Gasteiger partial charge in [-0.3, -0.25) is 0 Å². The average Bonchev–Trinajstić information content (AvgIpc) is 2.35. The molecule has 0 saturated carbocycles. The predicted molar refractivity (Wildman–Crippen MR) is 62.8 cm³/mol. The molecule has 1 heterocycles. The highest BCUT2D eigenvalue weighted by Crippen LogP contribution is 2.47. The molecular weight excluding hydrogens is 214 g/mol. The van der Waals surface area contributed by atoms with Crippen LogP contribution in [-0.4, -0.2) is 20.3 Å². The van der Waals surface area contributed by atoms with Crippen molar-refractivity contribution in [3.63, 3.8) is 0 Å². The lowest BCUT2D eigenvalue weighted by atomic mass is 9.68. The average molecular weight is 227 g/mol. The molecule has 1 aliphatic rings. The SMILES string of the molecule is C#C[C@](OC)(c1ccccc1)C1(C#N)COC1. The Labute approximate surface area is 101 Å². The van der Waals surface area contributed by atoms with Crippen LogP contribution in [0.1, 0.15) is 5.56 Å². The van der Waals surface area contributed by atoms with E-state index in [0.717, 1.165) is 5.56 Å². The van der Waals surface area contributed by atoms with Gasteiger partial charge in [-0.15, -0.1) is 6.42 Å². The van der Waals surface area contributed by atoms with Gasteiger partial charge in [-0.25, -0.2) is 0 Å². The van der Waals surface area contributed by atoms with Gasteiger partial charge >= 0.3 is 0 Å². The molecule has 1 atom stereocenters. The third-order valence-electron chi connectivity index (χ3n) is 3.27. The van der Waals surface area contributed by atoms with Gasteiger partial charge in [0.1, 0.15) is 5.41 Å². The highest BCUT2D eigenvalue weighted by molar-refractivity contribution is 5.39. The van der Waals surface area contributed by atoms with Crippen LogP contribution in [0.5, 0.6) is 0 Å². The molecule has 3 heteroatoms. The molecule has 0 aromatic heterocycles. The molecule has 3 nitrogen and oxygen atoms in total. The second kappa shape index (κ2) is 4.22. The number of hydrogen-bond donors (Lipinski definition) is 0. The number of terminal acetylenes is 1. The minimum atomic E-state index is -1.04. The summed E-state index contributed by atoms with van der Waals surface area (Å²) in [7, 11) is 1.53. The number of ether oxygens (including phenoxy) is 2. The van der Waals surface area contributed by atoms with Crippen molar-refractivity contribution in [3.8, 4) is 18.4 Å². The van der Waals surface area contributed by atoms with Crippen molar-refractivity contribution >= 4 is 0 Å². The summed E-state index contributed by atoms with van der Waals surface area (Å²) in [5.41, 5.74) is -1.02. The second-order valence-corrected chi connectivity index (χ2v) is 4.08. The van der Waals surface area contributed by atoms with Crippen molar-refractivity contribution in [2.45, 2.75) is 5.60 Å². The van der Waals surface area contributed by atoms with E-state index in [1.165, 1.54) is 7.11 Å². The smallest absolute Gasteiger partial charge is 0.176 e. The molecule has 0 N–H and O–H groups in total. The number of methoxy groups -OCH3 is 1. The highest BCUT2D eigenvalue weighted by atomic mass is 16.5. The van der Waals surface area contributed by atoms with Gasteiger partial charge in [-0.2, -0.15) is 5.26 Å². The van der Waals surface area contributed by atoms with Crippen LogP contribution in [0.15, 0.2) is 30.3 Å². The van der Waals surface area contributed by atoms with E-state index in [2.05, 4.69) is 12.0 Å². The zero-order valence-electron chi connectivity index (χ0n) is 9.64. The molecule has 2 rings (SSSR count). The van der Waals surface area contributed by atoms with Crippen molar-refractivity contribution < 1.29 is 9.47 Å². The number of nitrogens with zero attached hydrogens (tertiary/aromatic N) is 1. The summed E-state index contributed by atoms with van der Waals surface area (Å²) >= 11 is 0. The van der Waals surface area contributed by atoms with E-state index in [-0.39, 0.29) is 0 Å². The van der Waals surface area contributed by atoms with Crippen LogP contribution >= 0.6 is 0 Å². The third kappa shape index (κ3) is 1.45.